The molecule has 0 bridgehead atoms. The highest BCUT2D eigenvalue weighted by atomic mass is 32.2. The largest absolute Gasteiger partial charge is 0.340 e. The molecule has 1 N–H and O–H groups in total. The summed E-state index contributed by atoms with van der Waals surface area (Å²) >= 11 is 1.68. The summed E-state index contributed by atoms with van der Waals surface area (Å²) in [6.07, 6.45) is 5.84. The van der Waals surface area contributed by atoms with Crippen molar-refractivity contribution in [1.29, 1.82) is 0 Å². The van der Waals surface area contributed by atoms with E-state index in [9.17, 15) is 0 Å². The van der Waals surface area contributed by atoms with Gasteiger partial charge in [-0.15, -0.1) is 4.41 Å². The maximum atomic E-state index is 3.98. The summed E-state index contributed by atoms with van der Waals surface area (Å²) in [5.74, 6) is 1.16. The number of hydrogen-bond donors (Lipinski definition) is 1. The Bertz CT molecular complexity index is 251. The highest BCUT2D eigenvalue weighted by molar-refractivity contribution is 7.96. The molecular formula is C7H13N5S. The molecular weight excluding hydrogens is 186 g/mol. The number of nitrogens with one attached hydrogen (secondary N) is 1. The molecule has 13 heavy (non-hydrogen) atoms. The Labute approximate surface area is 82.1 Å². The van der Waals surface area contributed by atoms with Crippen LogP contribution < -0.4 is 5.53 Å². The first-order valence-electron chi connectivity index (χ1n) is 4.22. The Hall–Kier alpha value is -0.880. The summed E-state index contributed by atoms with van der Waals surface area (Å²) in [5.41, 5.74) is 2.94. The molecule has 0 saturated carbocycles. The smallest absolute Gasteiger partial charge is 0.146 e. The SMILES string of the molecule is CCN1CN(SC)N2NN=CC=C12. The second kappa shape index (κ2) is 3.47. The van der Waals surface area contributed by atoms with Crippen molar-refractivity contribution in [2.24, 2.45) is 5.10 Å². The molecule has 2 aliphatic heterocycles. The fraction of sp³-hybridized carbons (Fsp3) is 0.571. The molecule has 0 aliphatic carbocycles. The lowest BCUT2D eigenvalue weighted by Gasteiger charge is -2.26. The van der Waals surface area contributed by atoms with Crippen LogP contribution in [-0.2, 0) is 0 Å². The number of fused-ring (bicyclic) bond motifs is 1. The monoisotopic (exact) mass is 199 g/mol. The van der Waals surface area contributed by atoms with Crippen LogP contribution in [-0.4, -0.2) is 40.1 Å². The fourth-order valence-corrected chi connectivity index (χ4v) is 1.94. The summed E-state index contributed by atoms with van der Waals surface area (Å²) in [5, 5.41) is 5.93. The zero-order valence-corrected chi connectivity index (χ0v) is 8.58. The van der Waals surface area contributed by atoms with Crippen LogP contribution in [0.3, 0.4) is 0 Å². The number of rotatable bonds is 2. The van der Waals surface area contributed by atoms with E-state index in [-0.39, 0.29) is 0 Å². The van der Waals surface area contributed by atoms with E-state index in [1.807, 2.05) is 11.2 Å². The molecule has 0 unspecified atom stereocenters. The van der Waals surface area contributed by atoms with Gasteiger partial charge in [-0.3, -0.25) is 0 Å². The molecule has 5 nitrogen and oxygen atoms in total. The Kier molecular flexibility index (Phi) is 2.32. The van der Waals surface area contributed by atoms with Crippen molar-refractivity contribution in [2.45, 2.75) is 6.92 Å². The summed E-state index contributed by atoms with van der Waals surface area (Å²) in [6, 6.07) is 0. The van der Waals surface area contributed by atoms with Gasteiger partial charge in [0.25, 0.3) is 0 Å². The molecule has 0 radical (unpaired) electrons. The van der Waals surface area contributed by atoms with E-state index in [1.165, 1.54) is 0 Å². The third kappa shape index (κ3) is 1.36. The predicted octanol–water partition coefficient (Wildman–Crippen LogP) is 0.422. The average Bonchev–Trinajstić information content (AvgIpc) is 2.56. The number of nitrogens with zero attached hydrogens (tertiary/aromatic N) is 4. The molecule has 0 amide bonds. The maximum absolute atomic E-state index is 3.98. The van der Waals surface area contributed by atoms with Crippen LogP contribution in [0.25, 0.3) is 0 Å². The normalized spacial score (nSPS) is 21.5. The van der Waals surface area contributed by atoms with Gasteiger partial charge in [-0.25, -0.2) is 5.53 Å². The fourth-order valence-electron chi connectivity index (χ4n) is 1.40. The first-order chi connectivity index (χ1) is 6.36. The van der Waals surface area contributed by atoms with Gasteiger partial charge in [-0.05, 0) is 13.2 Å². The van der Waals surface area contributed by atoms with Crippen LogP contribution in [0.1, 0.15) is 6.92 Å². The van der Waals surface area contributed by atoms with Crippen LogP contribution in [0.2, 0.25) is 0 Å². The van der Waals surface area contributed by atoms with Crippen molar-refractivity contribution in [3.8, 4) is 0 Å². The topological polar surface area (TPSA) is 34.1 Å². The van der Waals surface area contributed by atoms with Gasteiger partial charge in [0.2, 0.25) is 0 Å². The Morgan fingerprint density at radius 1 is 1.69 bits per heavy atom. The van der Waals surface area contributed by atoms with Crippen molar-refractivity contribution in [1.82, 2.24) is 20.0 Å². The molecule has 0 aromatic heterocycles. The minimum absolute atomic E-state index is 0.903. The molecule has 72 valence electrons. The van der Waals surface area contributed by atoms with Gasteiger partial charge in [-0.2, -0.15) is 10.2 Å². The van der Waals surface area contributed by atoms with Crippen molar-refractivity contribution >= 4 is 18.2 Å². The van der Waals surface area contributed by atoms with Crippen LogP contribution in [0.4, 0.5) is 0 Å². The van der Waals surface area contributed by atoms with Crippen LogP contribution in [0.15, 0.2) is 17.0 Å². The van der Waals surface area contributed by atoms with Gasteiger partial charge >= 0.3 is 0 Å². The second-order valence-corrected chi connectivity index (χ2v) is 3.53. The molecule has 2 heterocycles. The predicted molar refractivity (Wildman–Crippen MR) is 54.2 cm³/mol. The third-order valence-electron chi connectivity index (χ3n) is 2.10. The molecule has 0 aromatic rings. The van der Waals surface area contributed by atoms with Gasteiger partial charge in [0, 0.05) is 12.6 Å². The van der Waals surface area contributed by atoms with Crippen LogP contribution in [0, 0.1) is 0 Å². The summed E-state index contributed by atoms with van der Waals surface area (Å²) in [4.78, 5) is 2.27. The molecule has 2 aliphatic rings. The van der Waals surface area contributed by atoms with Gasteiger partial charge < -0.3 is 4.90 Å². The number of hydrazine groups is 2. The summed E-state index contributed by atoms with van der Waals surface area (Å²) < 4.78 is 2.12. The molecule has 2 rings (SSSR count). The molecule has 1 saturated heterocycles. The molecule has 6 heteroatoms. The minimum Gasteiger partial charge on any atom is -0.340 e. The highest BCUT2D eigenvalue weighted by Gasteiger charge is 2.31. The van der Waals surface area contributed by atoms with Gasteiger partial charge in [0.05, 0.1) is 6.21 Å². The first-order valence-corrected chi connectivity index (χ1v) is 5.40. The maximum Gasteiger partial charge on any atom is 0.146 e. The van der Waals surface area contributed by atoms with Gasteiger partial charge in [-0.1, -0.05) is 11.9 Å². The number of hydrazone groups is 1. The lowest BCUT2D eigenvalue weighted by atomic mass is 10.5. The first kappa shape index (κ1) is 8.71. The number of hydrogen-bond acceptors (Lipinski definition) is 6. The quantitative estimate of drug-likeness (QED) is 0.652. The standard InChI is InChI=1S/C7H13N5S/c1-3-10-6-11(13-2)12-7(10)4-5-8-9-12/h4-5,9H,3,6H2,1-2H3. The van der Waals surface area contributed by atoms with Crippen molar-refractivity contribution in [2.75, 3.05) is 19.5 Å². The van der Waals surface area contributed by atoms with Crippen molar-refractivity contribution < 1.29 is 0 Å². The van der Waals surface area contributed by atoms with Crippen LogP contribution in [0.5, 0.6) is 0 Å². The van der Waals surface area contributed by atoms with E-state index in [2.05, 4.69) is 33.1 Å². The second-order valence-electron chi connectivity index (χ2n) is 2.75. The zero-order chi connectivity index (χ0) is 9.26. The zero-order valence-electron chi connectivity index (χ0n) is 7.77. The Balaban J connectivity index is 2.20. The van der Waals surface area contributed by atoms with Crippen LogP contribution >= 0.6 is 11.9 Å². The highest BCUT2D eigenvalue weighted by Crippen LogP contribution is 2.26. The van der Waals surface area contributed by atoms with E-state index in [4.69, 9.17) is 0 Å². The van der Waals surface area contributed by atoms with E-state index < -0.39 is 0 Å². The Morgan fingerprint density at radius 3 is 3.23 bits per heavy atom. The lowest BCUT2D eigenvalue weighted by molar-refractivity contribution is 0.0973. The van der Waals surface area contributed by atoms with E-state index >= 15 is 0 Å². The summed E-state index contributed by atoms with van der Waals surface area (Å²) in [6.45, 7) is 4.06. The van der Waals surface area contributed by atoms with Gasteiger partial charge in [0.1, 0.15) is 12.5 Å². The van der Waals surface area contributed by atoms with E-state index in [0.29, 0.717) is 0 Å². The summed E-state index contributed by atoms with van der Waals surface area (Å²) in [7, 11) is 0. The molecule has 0 aromatic carbocycles. The van der Waals surface area contributed by atoms with E-state index in [1.54, 1.807) is 18.2 Å². The van der Waals surface area contributed by atoms with Gasteiger partial charge in [0.15, 0.2) is 0 Å². The third-order valence-corrected chi connectivity index (χ3v) is 2.80. The average molecular weight is 199 g/mol. The van der Waals surface area contributed by atoms with E-state index in [0.717, 1.165) is 19.0 Å². The minimum atomic E-state index is 0.903. The number of allylic oxidation sites excluding steroid dienone is 1. The lowest BCUT2D eigenvalue weighted by Crippen LogP contribution is -2.40. The molecule has 0 spiro atoms. The molecule has 0 atom stereocenters. The molecule has 1 fully saturated rings. The van der Waals surface area contributed by atoms with Crippen molar-refractivity contribution in [3.63, 3.8) is 0 Å². The Morgan fingerprint density at radius 2 is 2.54 bits per heavy atom. The van der Waals surface area contributed by atoms with Crippen molar-refractivity contribution in [3.05, 3.63) is 11.9 Å².